The zero-order chi connectivity index (χ0) is 10.1. The molecule has 1 heterocycles. The van der Waals surface area contributed by atoms with E-state index in [2.05, 4.69) is 4.90 Å². The third-order valence-corrected chi connectivity index (χ3v) is 2.92. The number of likely N-dealkylation sites (tertiary alicyclic amines) is 1. The standard InChI is InChI=1S/C10H19F2N/c1-4-13-6-5-10(11,12)7-9(13)8(2)3/h8-9H,4-7H2,1-3H3. The molecule has 3 heteroatoms. The Labute approximate surface area is 79.1 Å². The Hall–Kier alpha value is -0.180. The largest absolute Gasteiger partial charge is 0.300 e. The van der Waals surface area contributed by atoms with Crippen LogP contribution in [0, 0.1) is 5.92 Å². The summed E-state index contributed by atoms with van der Waals surface area (Å²) in [7, 11) is 0. The average molecular weight is 191 g/mol. The van der Waals surface area contributed by atoms with Gasteiger partial charge in [-0.05, 0) is 12.5 Å². The fourth-order valence-electron chi connectivity index (χ4n) is 2.06. The number of rotatable bonds is 2. The third kappa shape index (κ3) is 2.63. The highest BCUT2D eigenvalue weighted by atomic mass is 19.3. The van der Waals surface area contributed by atoms with Crippen molar-refractivity contribution in [1.82, 2.24) is 4.90 Å². The second-order valence-electron chi connectivity index (χ2n) is 4.25. The Balaban J connectivity index is 2.63. The van der Waals surface area contributed by atoms with Gasteiger partial charge in [-0.25, -0.2) is 8.78 Å². The van der Waals surface area contributed by atoms with Crippen LogP contribution in [0.25, 0.3) is 0 Å². The van der Waals surface area contributed by atoms with Gasteiger partial charge < -0.3 is 0 Å². The van der Waals surface area contributed by atoms with E-state index >= 15 is 0 Å². The molecule has 1 rings (SSSR count). The lowest BCUT2D eigenvalue weighted by Crippen LogP contribution is -2.49. The summed E-state index contributed by atoms with van der Waals surface area (Å²) >= 11 is 0. The van der Waals surface area contributed by atoms with Crippen molar-refractivity contribution in [2.24, 2.45) is 5.92 Å². The molecular weight excluding hydrogens is 172 g/mol. The lowest BCUT2D eigenvalue weighted by Gasteiger charge is -2.40. The molecule has 1 aliphatic heterocycles. The molecule has 0 radical (unpaired) electrons. The van der Waals surface area contributed by atoms with Crippen LogP contribution in [0.5, 0.6) is 0 Å². The van der Waals surface area contributed by atoms with E-state index in [1.807, 2.05) is 20.8 Å². The van der Waals surface area contributed by atoms with Crippen LogP contribution < -0.4 is 0 Å². The van der Waals surface area contributed by atoms with Gasteiger partial charge >= 0.3 is 0 Å². The highest BCUT2D eigenvalue weighted by Gasteiger charge is 2.40. The van der Waals surface area contributed by atoms with E-state index in [-0.39, 0.29) is 18.9 Å². The quantitative estimate of drug-likeness (QED) is 0.648. The average Bonchev–Trinajstić information content (AvgIpc) is 2.03. The first kappa shape index (κ1) is 10.9. The lowest BCUT2D eigenvalue weighted by atomic mass is 9.90. The maximum absolute atomic E-state index is 13.1. The number of piperidine rings is 1. The van der Waals surface area contributed by atoms with Crippen LogP contribution in [0.4, 0.5) is 8.78 Å². The second kappa shape index (κ2) is 3.91. The number of alkyl halides is 2. The molecule has 1 aliphatic rings. The SMILES string of the molecule is CCN1CCC(F)(F)CC1C(C)C. The number of halogens is 2. The summed E-state index contributed by atoms with van der Waals surface area (Å²) in [6, 6.07) is 0.0637. The van der Waals surface area contributed by atoms with Crippen molar-refractivity contribution in [3.63, 3.8) is 0 Å². The topological polar surface area (TPSA) is 3.24 Å². The van der Waals surface area contributed by atoms with Gasteiger partial charge in [-0.3, -0.25) is 4.90 Å². The molecule has 1 nitrogen and oxygen atoms in total. The van der Waals surface area contributed by atoms with E-state index in [0.29, 0.717) is 12.5 Å². The van der Waals surface area contributed by atoms with Crippen molar-refractivity contribution >= 4 is 0 Å². The van der Waals surface area contributed by atoms with Gasteiger partial charge in [-0.15, -0.1) is 0 Å². The lowest BCUT2D eigenvalue weighted by molar-refractivity contribution is -0.0856. The molecule has 0 amide bonds. The van der Waals surface area contributed by atoms with Crippen LogP contribution >= 0.6 is 0 Å². The van der Waals surface area contributed by atoms with Crippen molar-refractivity contribution in [1.29, 1.82) is 0 Å². The molecule has 1 unspecified atom stereocenters. The number of hydrogen-bond donors (Lipinski definition) is 0. The summed E-state index contributed by atoms with van der Waals surface area (Å²) in [6.07, 6.45) is 0.0720. The Morgan fingerprint density at radius 2 is 2.08 bits per heavy atom. The highest BCUT2D eigenvalue weighted by Crippen LogP contribution is 2.34. The van der Waals surface area contributed by atoms with Crippen LogP contribution in [-0.4, -0.2) is 30.0 Å². The van der Waals surface area contributed by atoms with E-state index in [4.69, 9.17) is 0 Å². The van der Waals surface area contributed by atoms with Gasteiger partial charge in [0.25, 0.3) is 5.92 Å². The van der Waals surface area contributed by atoms with Gasteiger partial charge in [0.1, 0.15) is 0 Å². The van der Waals surface area contributed by atoms with Crippen molar-refractivity contribution in [2.45, 2.75) is 45.6 Å². The van der Waals surface area contributed by atoms with Gasteiger partial charge in [0.2, 0.25) is 0 Å². The molecule has 0 bridgehead atoms. The van der Waals surface area contributed by atoms with Gasteiger partial charge in [0.15, 0.2) is 0 Å². The predicted molar refractivity (Wildman–Crippen MR) is 50.1 cm³/mol. The molecule has 78 valence electrons. The van der Waals surface area contributed by atoms with Crippen LogP contribution in [0.1, 0.15) is 33.6 Å². The Bertz CT molecular complexity index is 168. The third-order valence-electron chi connectivity index (χ3n) is 2.92. The van der Waals surface area contributed by atoms with E-state index < -0.39 is 5.92 Å². The maximum atomic E-state index is 13.1. The van der Waals surface area contributed by atoms with Crippen molar-refractivity contribution in [3.8, 4) is 0 Å². The van der Waals surface area contributed by atoms with Crippen molar-refractivity contribution < 1.29 is 8.78 Å². The molecular formula is C10H19F2N. The minimum absolute atomic E-state index is 0.0318. The van der Waals surface area contributed by atoms with Crippen LogP contribution in [0.3, 0.4) is 0 Å². The molecule has 0 spiro atoms. The molecule has 0 aromatic carbocycles. The summed E-state index contributed by atoms with van der Waals surface area (Å²) in [5.74, 6) is -2.10. The summed E-state index contributed by atoms with van der Waals surface area (Å²) in [5.41, 5.74) is 0. The van der Waals surface area contributed by atoms with E-state index in [0.717, 1.165) is 6.54 Å². The second-order valence-corrected chi connectivity index (χ2v) is 4.25. The molecule has 0 aliphatic carbocycles. The molecule has 1 fully saturated rings. The zero-order valence-corrected chi connectivity index (χ0v) is 8.69. The van der Waals surface area contributed by atoms with E-state index in [1.165, 1.54) is 0 Å². The van der Waals surface area contributed by atoms with Crippen molar-refractivity contribution in [2.75, 3.05) is 13.1 Å². The summed E-state index contributed by atoms with van der Waals surface area (Å²) in [5, 5.41) is 0. The molecule has 0 aromatic heterocycles. The molecule has 0 N–H and O–H groups in total. The van der Waals surface area contributed by atoms with Gasteiger partial charge in [0, 0.05) is 25.4 Å². The monoisotopic (exact) mass is 191 g/mol. The fourth-order valence-corrected chi connectivity index (χ4v) is 2.06. The number of hydrogen-bond acceptors (Lipinski definition) is 1. The Kier molecular flexibility index (Phi) is 3.28. The first-order valence-corrected chi connectivity index (χ1v) is 5.08. The van der Waals surface area contributed by atoms with Crippen LogP contribution in [0.2, 0.25) is 0 Å². The zero-order valence-electron chi connectivity index (χ0n) is 8.69. The Morgan fingerprint density at radius 1 is 1.46 bits per heavy atom. The summed E-state index contributed by atoms with van der Waals surface area (Å²) in [4.78, 5) is 2.17. The van der Waals surface area contributed by atoms with Gasteiger partial charge in [0.05, 0.1) is 0 Å². The minimum atomic E-state index is -2.43. The molecule has 13 heavy (non-hydrogen) atoms. The van der Waals surface area contributed by atoms with Gasteiger partial charge in [-0.2, -0.15) is 0 Å². The highest BCUT2D eigenvalue weighted by molar-refractivity contribution is 4.87. The minimum Gasteiger partial charge on any atom is -0.300 e. The molecule has 1 saturated heterocycles. The fraction of sp³-hybridized carbons (Fsp3) is 1.00. The first-order chi connectivity index (χ1) is 5.96. The first-order valence-electron chi connectivity index (χ1n) is 5.08. The number of nitrogens with zero attached hydrogens (tertiary/aromatic N) is 1. The smallest absolute Gasteiger partial charge is 0.250 e. The summed E-state index contributed by atoms with van der Waals surface area (Å²) in [6.45, 7) is 7.52. The summed E-state index contributed by atoms with van der Waals surface area (Å²) < 4.78 is 26.2. The maximum Gasteiger partial charge on any atom is 0.250 e. The van der Waals surface area contributed by atoms with E-state index in [1.54, 1.807) is 0 Å². The van der Waals surface area contributed by atoms with Crippen LogP contribution in [0.15, 0.2) is 0 Å². The Morgan fingerprint density at radius 3 is 2.54 bits per heavy atom. The van der Waals surface area contributed by atoms with Crippen LogP contribution in [-0.2, 0) is 0 Å². The normalized spacial score (nSPS) is 29.5. The molecule has 1 atom stereocenters. The van der Waals surface area contributed by atoms with Crippen molar-refractivity contribution in [3.05, 3.63) is 0 Å². The molecule has 0 aromatic rings. The predicted octanol–water partition coefficient (Wildman–Crippen LogP) is 2.76. The molecule has 0 saturated carbocycles. The van der Waals surface area contributed by atoms with Gasteiger partial charge in [-0.1, -0.05) is 20.8 Å². The van der Waals surface area contributed by atoms with E-state index in [9.17, 15) is 8.78 Å².